The first kappa shape index (κ1) is 24.9. The molecule has 0 fully saturated rings. The predicted octanol–water partition coefficient (Wildman–Crippen LogP) is 2.85. The quantitative estimate of drug-likeness (QED) is 0.228. The van der Waals surface area contributed by atoms with Crippen LogP contribution < -0.4 is 15.4 Å². The van der Waals surface area contributed by atoms with Gasteiger partial charge in [0.2, 0.25) is 0 Å². The largest absolute Gasteiger partial charge is 0.487 e. The van der Waals surface area contributed by atoms with Crippen LogP contribution in [-0.4, -0.2) is 62.1 Å². The molecule has 1 atom stereocenters. The number of thioether (sulfide) groups is 1. The van der Waals surface area contributed by atoms with Crippen molar-refractivity contribution in [1.29, 1.82) is 0 Å². The van der Waals surface area contributed by atoms with Crippen LogP contribution in [0.2, 0.25) is 0 Å². The molecule has 1 aromatic carbocycles. The van der Waals surface area contributed by atoms with Gasteiger partial charge in [0.05, 0.1) is 30.4 Å². The molecule has 0 radical (unpaired) electrons. The van der Waals surface area contributed by atoms with Gasteiger partial charge in [0.25, 0.3) is 6.20 Å². The maximum absolute atomic E-state index is 10.9. The zero-order valence-electron chi connectivity index (χ0n) is 19.1. The molecular weight excluding hydrogens is 444 g/mol. The summed E-state index contributed by atoms with van der Waals surface area (Å²) in [7, 11) is 4.00. The number of hydrogen-bond donors (Lipinski definition) is 2. The van der Waals surface area contributed by atoms with Crippen molar-refractivity contribution in [2.45, 2.75) is 24.8 Å². The van der Waals surface area contributed by atoms with Crippen molar-refractivity contribution in [3.8, 4) is 5.75 Å². The zero-order chi connectivity index (χ0) is 23.5. The molecule has 9 nitrogen and oxygen atoms in total. The zero-order valence-corrected chi connectivity index (χ0v) is 19.9. The fourth-order valence-corrected chi connectivity index (χ4v) is 4.15. The molecule has 1 aliphatic rings. The fraction of sp³-hybridized carbons (Fsp3) is 0.478. The Morgan fingerprint density at radius 1 is 1.24 bits per heavy atom. The Morgan fingerprint density at radius 3 is 2.82 bits per heavy atom. The second-order valence-electron chi connectivity index (χ2n) is 7.97. The van der Waals surface area contributed by atoms with Gasteiger partial charge in [-0.2, -0.15) is 11.8 Å². The Bertz CT molecular complexity index is 893. The number of nitro groups is 1. The van der Waals surface area contributed by atoms with Crippen LogP contribution in [0.15, 0.2) is 52.8 Å². The summed E-state index contributed by atoms with van der Waals surface area (Å²) in [5, 5.41) is 17.0. The molecule has 2 N–H and O–H groups in total. The Labute approximate surface area is 198 Å². The number of benzene rings is 1. The van der Waals surface area contributed by atoms with Gasteiger partial charge in [-0.3, -0.25) is 10.1 Å². The lowest BCUT2D eigenvalue weighted by atomic mass is 10.1. The SMILES string of the molecule is CN(C)Cc1ccc(CSCCNC(=C[N+](=O)[O-])NCCOCC2Cc3ccccc3O2)o1. The maximum atomic E-state index is 10.9. The molecule has 1 aromatic heterocycles. The standard InChI is InChI=1S/C23H32N4O5S/c1-26(2)14-19-7-8-20(31-19)17-33-12-10-25-23(15-27(28)29)24-9-11-30-16-21-13-18-5-3-4-6-22(18)32-21/h3-8,15,21,24-25H,9-14,16-17H2,1-2H3. The van der Waals surface area contributed by atoms with Crippen LogP contribution in [0.5, 0.6) is 5.75 Å². The van der Waals surface area contributed by atoms with E-state index in [9.17, 15) is 10.1 Å². The number of rotatable bonds is 15. The van der Waals surface area contributed by atoms with E-state index < -0.39 is 4.92 Å². The topological polar surface area (TPSA) is 102 Å². The first-order valence-electron chi connectivity index (χ1n) is 10.9. The number of nitrogens with one attached hydrogen (secondary N) is 2. The molecule has 1 aliphatic heterocycles. The summed E-state index contributed by atoms with van der Waals surface area (Å²) >= 11 is 1.71. The Kier molecular flexibility index (Phi) is 9.92. The summed E-state index contributed by atoms with van der Waals surface area (Å²) < 4.78 is 17.3. The molecule has 2 aromatic rings. The van der Waals surface area contributed by atoms with Crippen molar-refractivity contribution in [2.24, 2.45) is 0 Å². The molecule has 33 heavy (non-hydrogen) atoms. The van der Waals surface area contributed by atoms with Gasteiger partial charge >= 0.3 is 0 Å². The van der Waals surface area contributed by atoms with Crippen molar-refractivity contribution in [2.75, 3.05) is 46.2 Å². The van der Waals surface area contributed by atoms with E-state index in [0.29, 0.717) is 32.1 Å². The number of hydrogen-bond acceptors (Lipinski definition) is 9. The molecule has 10 heteroatoms. The van der Waals surface area contributed by atoms with Gasteiger partial charge in [0, 0.05) is 25.3 Å². The summed E-state index contributed by atoms with van der Waals surface area (Å²) in [6.45, 7) is 2.74. The van der Waals surface area contributed by atoms with Crippen LogP contribution in [0.3, 0.4) is 0 Å². The third-order valence-corrected chi connectivity index (χ3v) is 5.79. The number of para-hydroxylation sites is 1. The Balaban J connectivity index is 1.27. The third-order valence-electron chi connectivity index (χ3n) is 4.81. The van der Waals surface area contributed by atoms with Crippen LogP contribution in [0.1, 0.15) is 17.1 Å². The second-order valence-corrected chi connectivity index (χ2v) is 9.07. The first-order valence-corrected chi connectivity index (χ1v) is 12.1. The predicted molar refractivity (Wildman–Crippen MR) is 129 cm³/mol. The maximum Gasteiger partial charge on any atom is 0.274 e. The van der Waals surface area contributed by atoms with Crippen LogP contribution in [-0.2, 0) is 23.5 Å². The summed E-state index contributed by atoms with van der Waals surface area (Å²) in [6, 6.07) is 12.0. The lowest BCUT2D eigenvalue weighted by Gasteiger charge is -2.13. The summed E-state index contributed by atoms with van der Waals surface area (Å²) in [6.07, 6.45) is 1.80. The van der Waals surface area contributed by atoms with Gasteiger partial charge in [0.15, 0.2) is 5.82 Å². The molecule has 1 unspecified atom stereocenters. The molecule has 180 valence electrons. The highest BCUT2D eigenvalue weighted by atomic mass is 32.2. The number of ether oxygens (including phenoxy) is 2. The molecule has 0 amide bonds. The lowest BCUT2D eigenvalue weighted by Crippen LogP contribution is -2.32. The van der Waals surface area contributed by atoms with E-state index >= 15 is 0 Å². The van der Waals surface area contributed by atoms with Gasteiger partial charge in [-0.05, 0) is 37.9 Å². The van der Waals surface area contributed by atoms with Crippen molar-refractivity contribution in [3.05, 3.63) is 75.6 Å². The van der Waals surface area contributed by atoms with E-state index in [1.165, 1.54) is 5.56 Å². The van der Waals surface area contributed by atoms with E-state index in [1.54, 1.807) is 11.8 Å². The minimum atomic E-state index is -0.470. The molecule has 0 bridgehead atoms. The van der Waals surface area contributed by atoms with E-state index in [4.69, 9.17) is 13.9 Å². The molecular formula is C23H32N4O5S. The Hall–Kier alpha value is -2.69. The van der Waals surface area contributed by atoms with Gasteiger partial charge in [0.1, 0.15) is 23.4 Å². The molecule has 2 heterocycles. The highest BCUT2D eigenvalue weighted by molar-refractivity contribution is 7.98. The highest BCUT2D eigenvalue weighted by Gasteiger charge is 2.22. The normalized spacial score (nSPS) is 15.4. The summed E-state index contributed by atoms with van der Waals surface area (Å²) in [4.78, 5) is 12.5. The number of furan rings is 1. The highest BCUT2D eigenvalue weighted by Crippen LogP contribution is 2.28. The van der Waals surface area contributed by atoms with Crippen molar-refractivity contribution >= 4 is 11.8 Å². The molecule has 0 saturated heterocycles. The minimum absolute atomic E-state index is 0.0134. The van der Waals surface area contributed by atoms with E-state index in [2.05, 4.69) is 21.6 Å². The average molecular weight is 477 g/mol. The number of nitrogens with zero attached hydrogens (tertiary/aromatic N) is 2. The molecule has 3 rings (SSSR count). The fourth-order valence-electron chi connectivity index (χ4n) is 3.41. The van der Waals surface area contributed by atoms with Crippen molar-refractivity contribution in [3.63, 3.8) is 0 Å². The van der Waals surface area contributed by atoms with E-state index in [-0.39, 0.29) is 6.10 Å². The minimum Gasteiger partial charge on any atom is -0.487 e. The average Bonchev–Trinajstić information content (AvgIpc) is 3.38. The number of fused-ring (bicyclic) bond motifs is 1. The third kappa shape index (κ3) is 8.99. The summed E-state index contributed by atoms with van der Waals surface area (Å²) in [5.41, 5.74) is 1.20. The molecule has 0 aliphatic carbocycles. The van der Waals surface area contributed by atoms with Crippen LogP contribution in [0.4, 0.5) is 0 Å². The molecule has 0 saturated carbocycles. The van der Waals surface area contributed by atoms with E-state index in [1.807, 2.05) is 44.4 Å². The van der Waals surface area contributed by atoms with Gasteiger partial charge in [-0.1, -0.05) is 18.2 Å². The van der Waals surface area contributed by atoms with Crippen molar-refractivity contribution < 1.29 is 18.8 Å². The molecule has 0 spiro atoms. The monoisotopic (exact) mass is 476 g/mol. The first-order chi connectivity index (χ1) is 16.0. The lowest BCUT2D eigenvalue weighted by molar-refractivity contribution is -0.404. The Morgan fingerprint density at radius 2 is 2.03 bits per heavy atom. The van der Waals surface area contributed by atoms with Gasteiger partial charge in [-0.15, -0.1) is 0 Å². The van der Waals surface area contributed by atoms with Crippen LogP contribution >= 0.6 is 11.8 Å². The van der Waals surface area contributed by atoms with Gasteiger partial charge in [-0.25, -0.2) is 0 Å². The second kappa shape index (κ2) is 13.1. The van der Waals surface area contributed by atoms with Crippen molar-refractivity contribution in [1.82, 2.24) is 15.5 Å². The smallest absolute Gasteiger partial charge is 0.274 e. The van der Waals surface area contributed by atoms with Crippen LogP contribution in [0.25, 0.3) is 0 Å². The van der Waals surface area contributed by atoms with Gasteiger partial charge < -0.3 is 29.4 Å². The van der Waals surface area contributed by atoms with E-state index in [0.717, 1.165) is 47.9 Å². The summed E-state index contributed by atoms with van der Waals surface area (Å²) in [5.74, 6) is 4.72. The van der Waals surface area contributed by atoms with Crippen LogP contribution in [0, 0.1) is 10.1 Å².